The molecule has 7 aromatic rings. The molecule has 7 aromatic heterocycles. The summed E-state index contributed by atoms with van der Waals surface area (Å²) < 4.78 is 15.0. The number of nitrogens with one attached hydrogen (secondary N) is 4. The third kappa shape index (κ3) is 19.5. The van der Waals surface area contributed by atoms with E-state index < -0.39 is 16.0 Å². The number of hydrogen-bond acceptors (Lipinski definition) is 15. The summed E-state index contributed by atoms with van der Waals surface area (Å²) in [5.41, 5.74) is 11.6. The molecule has 0 radical (unpaired) electrons. The standard InChI is InChI=1S/C7H5ClN2O.C7H6N2OS.C6H6N2O3.C6H8N2O.C6H7NO.C3H6OS2.K/c1-4-2-6-5(3-9-4)10-7(8)11-6;1-4-2-6-5(3-8-4)9-7(11)10-6;1-4-2-6(9)5(3-7-4)8(10)11;1-4-2-6(9)5(7)3-8-4;1-5-4-6(8)2-3-7-5;1-2-4-3(5)6;/h2-3H,1H3;2-3H,1H3,(H,9,11);2-3H,1H3,(H,7,9);2-3H,7H2,1H3,(H,8,9);2-4H,1H3,(H,7,8);2H2,1H3,(H,5,6);/q;;;;;;+1/p-1. The van der Waals surface area contributed by atoms with Crippen LogP contribution in [0.5, 0.6) is 0 Å². The molecule has 0 saturated heterocycles. The Hall–Kier alpha value is -4.45. The van der Waals surface area contributed by atoms with E-state index in [0.717, 1.165) is 40.1 Å². The van der Waals surface area contributed by atoms with Gasteiger partial charge in [-0.05, 0) is 65.4 Å². The molecule has 17 nitrogen and oxygen atoms in total. The molecule has 0 amide bonds. The zero-order valence-electron chi connectivity index (χ0n) is 31.8. The zero-order chi connectivity index (χ0) is 41.9. The minimum Gasteiger partial charge on any atom is -0.514 e. The van der Waals surface area contributed by atoms with E-state index >= 15 is 0 Å². The van der Waals surface area contributed by atoms with Gasteiger partial charge in [0, 0.05) is 81.6 Å². The van der Waals surface area contributed by atoms with Crippen LogP contribution in [0.4, 0.5) is 11.4 Å². The van der Waals surface area contributed by atoms with Gasteiger partial charge in [0.25, 0.3) is 15.6 Å². The molecular formula is C35H37ClKN9O8S3. The first kappa shape index (κ1) is 50.6. The van der Waals surface area contributed by atoms with Crippen molar-refractivity contribution < 1.29 is 69.9 Å². The van der Waals surface area contributed by atoms with E-state index in [1.54, 1.807) is 44.6 Å². The molecule has 0 unspecified atom stereocenters. The van der Waals surface area contributed by atoms with Gasteiger partial charge in [0.15, 0.2) is 16.6 Å². The summed E-state index contributed by atoms with van der Waals surface area (Å²) in [5.74, 6) is 0. The summed E-state index contributed by atoms with van der Waals surface area (Å²) in [6.07, 6.45) is 7.58. The topological polar surface area (TPSA) is 258 Å². The molecule has 0 spiro atoms. The first-order chi connectivity index (χ1) is 26.4. The Labute approximate surface area is 388 Å². The normalized spacial score (nSPS) is 9.53. The van der Waals surface area contributed by atoms with Crippen molar-refractivity contribution in [2.75, 3.05) is 12.3 Å². The number of anilines is 1. The third-order valence-electron chi connectivity index (χ3n) is 6.33. The van der Waals surface area contributed by atoms with Crippen molar-refractivity contribution in [1.29, 1.82) is 0 Å². The summed E-state index contributed by atoms with van der Waals surface area (Å²) >= 11 is 19.1. The van der Waals surface area contributed by atoms with Crippen LogP contribution in [-0.4, -0.2) is 50.8 Å². The van der Waals surface area contributed by atoms with Gasteiger partial charge in [-0.2, -0.15) is 4.98 Å². The number of ether oxygens (including phenoxy) is 1. The second-order valence-corrected chi connectivity index (χ2v) is 12.7. The fraction of sp³-hybridized carbons (Fsp3) is 0.200. The number of nitro groups is 1. The number of aromatic nitrogens is 7. The van der Waals surface area contributed by atoms with Crippen LogP contribution in [-0.2, 0) is 17.4 Å². The Morgan fingerprint density at radius 1 is 0.912 bits per heavy atom. The molecule has 296 valence electrons. The maximum absolute atomic E-state index is 10.8. The fourth-order valence-electron chi connectivity index (χ4n) is 3.82. The molecule has 57 heavy (non-hydrogen) atoms. The van der Waals surface area contributed by atoms with E-state index in [1.807, 2.05) is 33.8 Å². The molecule has 0 aromatic carbocycles. The van der Waals surface area contributed by atoms with Crippen LogP contribution in [0.1, 0.15) is 35.4 Å². The SMILES string of the molecule is CCOC(=S)[S-].Cc1cc(=O)c(N)c[nH]1.Cc1cc(=O)c([N+](=O)[O-])c[nH]1.Cc1cc(=O)cc[nH]1.Cc1cc2oc(=S)[nH]c2cn1.Cc1cc2oc(Cl)nc2cn1.[K+]. The summed E-state index contributed by atoms with van der Waals surface area (Å²) in [5, 5.41) is 10.3. The van der Waals surface area contributed by atoms with Gasteiger partial charge in [-0.15, -0.1) is 0 Å². The molecular weight excluding hydrogens is 845 g/mol. The number of aryl methyl sites for hydroxylation is 5. The number of nitrogen functional groups attached to an aromatic ring is 1. The van der Waals surface area contributed by atoms with Gasteiger partial charge in [-0.25, -0.2) is 0 Å². The molecule has 0 bridgehead atoms. The molecule has 0 fully saturated rings. The van der Waals surface area contributed by atoms with Crippen molar-refractivity contribution >= 4 is 86.6 Å². The summed E-state index contributed by atoms with van der Waals surface area (Å²) in [7, 11) is 0. The maximum atomic E-state index is 10.8. The quantitative estimate of drug-likeness (QED) is 0.0545. The van der Waals surface area contributed by atoms with Crippen LogP contribution in [0.15, 0.2) is 90.6 Å². The van der Waals surface area contributed by atoms with E-state index in [9.17, 15) is 24.5 Å². The monoisotopic (exact) mass is 881 g/mol. The second-order valence-electron chi connectivity index (χ2n) is 11.0. The van der Waals surface area contributed by atoms with Crippen LogP contribution in [0, 0.1) is 49.6 Å². The molecule has 0 saturated carbocycles. The molecule has 6 N–H and O–H groups in total. The van der Waals surface area contributed by atoms with Crippen LogP contribution < -0.4 is 73.4 Å². The van der Waals surface area contributed by atoms with Crippen molar-refractivity contribution in [3.05, 3.63) is 147 Å². The minimum atomic E-state index is -0.710. The van der Waals surface area contributed by atoms with Crippen molar-refractivity contribution in [2.45, 2.75) is 41.5 Å². The van der Waals surface area contributed by atoms with Gasteiger partial charge in [0.1, 0.15) is 11.0 Å². The molecule has 7 heterocycles. The van der Waals surface area contributed by atoms with Gasteiger partial charge in [-0.3, -0.25) is 34.5 Å². The summed E-state index contributed by atoms with van der Waals surface area (Å²) in [6, 6.07) is 9.36. The number of pyridine rings is 5. The Balaban J connectivity index is 0.000000345. The van der Waals surface area contributed by atoms with Gasteiger partial charge >= 0.3 is 57.1 Å². The summed E-state index contributed by atoms with van der Waals surface area (Å²) in [4.78, 5) is 64.9. The second kappa shape index (κ2) is 25.7. The number of nitrogens with zero attached hydrogens (tertiary/aromatic N) is 4. The molecule has 0 aliphatic rings. The molecule has 7 rings (SSSR count). The number of thiocarbonyl (C=S) groups is 1. The molecule has 22 heteroatoms. The number of nitrogens with two attached hydrogens (primary N) is 1. The summed E-state index contributed by atoms with van der Waals surface area (Å²) in [6.45, 7) is 11.5. The van der Waals surface area contributed by atoms with Crippen LogP contribution in [0.3, 0.4) is 0 Å². The minimum absolute atomic E-state index is 0. The van der Waals surface area contributed by atoms with Gasteiger partial charge < -0.3 is 64.1 Å². The first-order valence-corrected chi connectivity index (χ1v) is 17.6. The average molecular weight is 882 g/mol. The largest absolute Gasteiger partial charge is 1.00 e. The predicted molar refractivity (Wildman–Crippen MR) is 224 cm³/mol. The Morgan fingerprint density at radius 2 is 1.49 bits per heavy atom. The van der Waals surface area contributed by atoms with Crippen LogP contribution in [0.25, 0.3) is 22.2 Å². The predicted octanol–water partition coefficient (Wildman–Crippen LogP) is 3.78. The number of fused-ring (bicyclic) bond motifs is 2. The smallest absolute Gasteiger partial charge is 0.514 e. The first-order valence-electron chi connectivity index (χ1n) is 16.0. The van der Waals surface area contributed by atoms with E-state index in [4.69, 9.17) is 38.4 Å². The van der Waals surface area contributed by atoms with Crippen molar-refractivity contribution in [1.82, 2.24) is 34.9 Å². The number of rotatable bonds is 2. The Bertz CT molecular complexity index is 2620. The molecule has 0 aliphatic heterocycles. The Morgan fingerprint density at radius 3 is 1.98 bits per heavy atom. The van der Waals surface area contributed by atoms with E-state index in [2.05, 4.69) is 64.5 Å². The van der Waals surface area contributed by atoms with Gasteiger partial charge in [0.2, 0.25) is 5.43 Å². The van der Waals surface area contributed by atoms with Gasteiger partial charge in [-0.1, -0.05) is 0 Å². The van der Waals surface area contributed by atoms with Crippen molar-refractivity contribution in [3.8, 4) is 0 Å². The van der Waals surface area contributed by atoms with Crippen molar-refractivity contribution in [3.63, 3.8) is 0 Å². The molecule has 0 aliphatic carbocycles. The van der Waals surface area contributed by atoms with E-state index in [1.165, 1.54) is 24.4 Å². The maximum Gasteiger partial charge on any atom is 1.00 e. The van der Waals surface area contributed by atoms with Crippen molar-refractivity contribution in [2.24, 2.45) is 0 Å². The van der Waals surface area contributed by atoms with E-state index in [-0.39, 0.29) is 77.7 Å². The average Bonchev–Trinajstić information content (AvgIpc) is 3.67. The van der Waals surface area contributed by atoms with Crippen LogP contribution in [0.2, 0.25) is 5.35 Å². The number of oxazole rings is 2. The zero-order valence-corrected chi connectivity index (χ0v) is 38.1. The fourth-order valence-corrected chi connectivity index (χ4v) is 4.43. The van der Waals surface area contributed by atoms with Gasteiger partial charge in [0.05, 0.1) is 35.8 Å². The Kier molecular flexibility index (Phi) is 22.8. The third-order valence-corrected chi connectivity index (χ3v) is 6.91. The van der Waals surface area contributed by atoms with E-state index in [0.29, 0.717) is 28.2 Å². The van der Waals surface area contributed by atoms with Crippen LogP contribution >= 0.6 is 36.0 Å². The molecule has 0 atom stereocenters. The number of halogens is 1. The number of aromatic amines is 4. The number of hydrogen-bond donors (Lipinski definition) is 5. The number of H-pyrrole nitrogens is 4.